The maximum Gasteiger partial charge on any atom is 0.251 e. The third kappa shape index (κ3) is 3.63. The smallest absolute Gasteiger partial charge is 0.251 e. The van der Waals surface area contributed by atoms with Crippen LogP contribution in [0.25, 0.3) is 0 Å². The Morgan fingerprint density at radius 2 is 1.80 bits per heavy atom. The monoisotopic (exact) mass is 339 g/mol. The Morgan fingerprint density at radius 3 is 2.40 bits per heavy atom. The molecular weight excluding hydrogens is 328 g/mol. The maximum atomic E-state index is 13.4. The normalized spacial score (nSPS) is 10.3. The van der Waals surface area contributed by atoms with Crippen LogP contribution in [-0.2, 0) is 11.9 Å². The van der Waals surface area contributed by atoms with E-state index in [1.165, 1.54) is 6.07 Å². The van der Waals surface area contributed by atoms with Crippen molar-refractivity contribution in [3.63, 3.8) is 0 Å². The molecule has 0 unspecified atom stereocenters. The van der Waals surface area contributed by atoms with Gasteiger partial charge in [0.05, 0.1) is 0 Å². The molecule has 0 radical (unpaired) electrons. The van der Waals surface area contributed by atoms with Crippen molar-refractivity contribution < 1.29 is 13.6 Å². The van der Waals surface area contributed by atoms with Gasteiger partial charge in [-0.05, 0) is 23.8 Å². The van der Waals surface area contributed by atoms with Gasteiger partial charge in [-0.15, -0.1) is 0 Å². The van der Waals surface area contributed by atoms with Crippen LogP contribution in [0.1, 0.15) is 21.5 Å². The summed E-state index contributed by atoms with van der Waals surface area (Å²) in [5.74, 6) is -1.60. The minimum absolute atomic E-state index is 0.0190. The summed E-state index contributed by atoms with van der Waals surface area (Å²) in [5, 5.41) is 3.32. The van der Waals surface area contributed by atoms with E-state index in [-0.39, 0.29) is 18.0 Å². The molecule has 0 aliphatic heterocycles. The zero-order chi connectivity index (χ0) is 14.5. The number of rotatable bonds is 4. The molecule has 2 aromatic rings. The van der Waals surface area contributed by atoms with Crippen molar-refractivity contribution in [2.75, 3.05) is 0 Å². The molecule has 0 aliphatic carbocycles. The van der Waals surface area contributed by atoms with E-state index in [2.05, 4.69) is 21.2 Å². The summed E-state index contributed by atoms with van der Waals surface area (Å²) < 4.78 is 26.2. The van der Waals surface area contributed by atoms with Crippen LogP contribution in [-0.4, -0.2) is 5.91 Å². The minimum Gasteiger partial charge on any atom is -0.348 e. The molecular formula is C15H12BrF2NO. The molecule has 0 saturated carbocycles. The lowest BCUT2D eigenvalue weighted by Crippen LogP contribution is -2.23. The van der Waals surface area contributed by atoms with Crippen LogP contribution in [0.3, 0.4) is 0 Å². The van der Waals surface area contributed by atoms with E-state index in [4.69, 9.17) is 0 Å². The first-order valence-corrected chi connectivity index (χ1v) is 7.09. The van der Waals surface area contributed by atoms with Crippen LogP contribution in [0.4, 0.5) is 8.78 Å². The highest BCUT2D eigenvalue weighted by Crippen LogP contribution is 2.11. The SMILES string of the molecule is O=C(NCc1ccc(F)cc1F)c1ccc(CBr)cc1. The molecule has 0 fully saturated rings. The predicted octanol–water partition coefficient (Wildman–Crippen LogP) is 3.79. The van der Waals surface area contributed by atoms with Crippen molar-refractivity contribution in [1.29, 1.82) is 0 Å². The molecule has 0 atom stereocenters. The van der Waals surface area contributed by atoms with Crippen molar-refractivity contribution in [2.45, 2.75) is 11.9 Å². The molecule has 0 heterocycles. The largest absolute Gasteiger partial charge is 0.348 e. The topological polar surface area (TPSA) is 29.1 Å². The summed E-state index contributed by atoms with van der Waals surface area (Å²) in [6, 6.07) is 10.4. The number of carbonyl (C=O) groups excluding carboxylic acids is 1. The van der Waals surface area contributed by atoms with Gasteiger partial charge < -0.3 is 5.32 Å². The van der Waals surface area contributed by atoms with Gasteiger partial charge in [0.25, 0.3) is 5.91 Å². The molecule has 2 nitrogen and oxygen atoms in total. The predicted molar refractivity (Wildman–Crippen MR) is 76.6 cm³/mol. The van der Waals surface area contributed by atoms with Crippen LogP contribution in [0, 0.1) is 11.6 Å². The lowest BCUT2D eigenvalue weighted by atomic mass is 10.1. The molecule has 104 valence electrons. The van der Waals surface area contributed by atoms with Gasteiger partial charge in [0, 0.05) is 29.1 Å². The first kappa shape index (κ1) is 14.7. The molecule has 1 amide bonds. The van der Waals surface area contributed by atoms with Gasteiger partial charge in [-0.25, -0.2) is 8.78 Å². The van der Waals surface area contributed by atoms with Crippen molar-refractivity contribution in [1.82, 2.24) is 5.32 Å². The van der Waals surface area contributed by atoms with Crippen LogP contribution in [0.5, 0.6) is 0 Å². The fraction of sp³-hybridized carbons (Fsp3) is 0.133. The van der Waals surface area contributed by atoms with Crippen molar-refractivity contribution in [2.24, 2.45) is 0 Å². The Labute approximate surface area is 123 Å². The molecule has 0 saturated heterocycles. The van der Waals surface area contributed by atoms with Crippen molar-refractivity contribution in [3.8, 4) is 0 Å². The molecule has 5 heteroatoms. The molecule has 0 spiro atoms. The van der Waals surface area contributed by atoms with Gasteiger partial charge in [0.1, 0.15) is 11.6 Å². The standard InChI is InChI=1S/C15H12BrF2NO/c16-8-10-1-3-11(4-2-10)15(20)19-9-12-5-6-13(17)7-14(12)18/h1-7H,8-9H2,(H,19,20). The Bertz CT molecular complexity index is 614. The van der Waals surface area contributed by atoms with Crippen LogP contribution >= 0.6 is 15.9 Å². The number of alkyl halides is 1. The summed E-state index contributed by atoms with van der Waals surface area (Å²) in [6.45, 7) is 0.0190. The summed E-state index contributed by atoms with van der Waals surface area (Å²) in [4.78, 5) is 11.9. The number of carbonyl (C=O) groups is 1. The number of benzene rings is 2. The number of halogens is 3. The molecule has 2 aromatic carbocycles. The number of hydrogen-bond acceptors (Lipinski definition) is 1. The first-order valence-electron chi connectivity index (χ1n) is 5.97. The van der Waals surface area contributed by atoms with E-state index in [1.807, 2.05) is 12.1 Å². The second-order valence-electron chi connectivity index (χ2n) is 4.25. The third-order valence-corrected chi connectivity index (χ3v) is 3.47. The summed E-state index contributed by atoms with van der Waals surface area (Å²) in [7, 11) is 0. The lowest BCUT2D eigenvalue weighted by molar-refractivity contribution is 0.0950. The summed E-state index contributed by atoms with van der Waals surface area (Å²) in [5.41, 5.74) is 1.81. The van der Waals surface area contributed by atoms with Gasteiger partial charge in [-0.1, -0.05) is 34.1 Å². The number of hydrogen-bond donors (Lipinski definition) is 1. The zero-order valence-corrected chi connectivity index (χ0v) is 12.1. The molecule has 0 aliphatic rings. The second kappa shape index (κ2) is 6.61. The average molecular weight is 340 g/mol. The highest BCUT2D eigenvalue weighted by Gasteiger charge is 2.08. The number of nitrogens with one attached hydrogen (secondary N) is 1. The first-order chi connectivity index (χ1) is 9.60. The van der Waals surface area contributed by atoms with Crippen LogP contribution in [0.15, 0.2) is 42.5 Å². The number of amides is 1. The summed E-state index contributed by atoms with van der Waals surface area (Å²) in [6.07, 6.45) is 0. The third-order valence-electron chi connectivity index (χ3n) is 2.82. The molecule has 1 N–H and O–H groups in total. The van der Waals surface area contributed by atoms with E-state index < -0.39 is 11.6 Å². The lowest BCUT2D eigenvalue weighted by Gasteiger charge is -2.07. The van der Waals surface area contributed by atoms with Gasteiger partial charge in [-0.3, -0.25) is 4.79 Å². The minimum atomic E-state index is -0.667. The van der Waals surface area contributed by atoms with Crippen molar-refractivity contribution in [3.05, 3.63) is 70.8 Å². The fourth-order valence-corrected chi connectivity index (χ4v) is 2.06. The average Bonchev–Trinajstić information content (AvgIpc) is 2.46. The van der Waals surface area contributed by atoms with E-state index >= 15 is 0 Å². The van der Waals surface area contributed by atoms with Crippen molar-refractivity contribution >= 4 is 21.8 Å². The van der Waals surface area contributed by atoms with E-state index in [0.717, 1.165) is 23.0 Å². The molecule has 0 aromatic heterocycles. The Morgan fingerprint density at radius 1 is 1.10 bits per heavy atom. The quantitative estimate of drug-likeness (QED) is 0.843. The van der Waals surface area contributed by atoms with Gasteiger partial charge in [0.2, 0.25) is 0 Å². The Balaban J connectivity index is 2.00. The van der Waals surface area contributed by atoms with Crippen LogP contribution < -0.4 is 5.32 Å². The van der Waals surface area contributed by atoms with Crippen LogP contribution in [0.2, 0.25) is 0 Å². The zero-order valence-electron chi connectivity index (χ0n) is 10.5. The molecule has 2 rings (SSSR count). The second-order valence-corrected chi connectivity index (χ2v) is 4.81. The van der Waals surface area contributed by atoms with E-state index in [1.54, 1.807) is 12.1 Å². The molecule has 0 bridgehead atoms. The Kier molecular flexibility index (Phi) is 4.84. The maximum absolute atomic E-state index is 13.4. The highest BCUT2D eigenvalue weighted by atomic mass is 79.9. The fourth-order valence-electron chi connectivity index (χ4n) is 1.69. The van der Waals surface area contributed by atoms with Gasteiger partial charge in [0.15, 0.2) is 0 Å². The molecule has 20 heavy (non-hydrogen) atoms. The van der Waals surface area contributed by atoms with E-state index in [9.17, 15) is 13.6 Å². The van der Waals surface area contributed by atoms with Gasteiger partial charge in [-0.2, -0.15) is 0 Å². The summed E-state index contributed by atoms with van der Waals surface area (Å²) >= 11 is 3.32. The highest BCUT2D eigenvalue weighted by molar-refractivity contribution is 9.08. The van der Waals surface area contributed by atoms with E-state index in [0.29, 0.717) is 5.56 Å². The Hall–Kier alpha value is -1.75. The van der Waals surface area contributed by atoms with Gasteiger partial charge >= 0.3 is 0 Å².